The van der Waals surface area contributed by atoms with E-state index in [0.717, 1.165) is 19.2 Å². The van der Waals surface area contributed by atoms with Crippen LogP contribution in [0.1, 0.15) is 17.5 Å². The van der Waals surface area contributed by atoms with Gasteiger partial charge in [-0.2, -0.15) is 14.4 Å². The van der Waals surface area contributed by atoms with E-state index in [9.17, 15) is 13.2 Å². The molecule has 7 heteroatoms. The van der Waals surface area contributed by atoms with Crippen molar-refractivity contribution in [3.05, 3.63) is 71.8 Å². The van der Waals surface area contributed by atoms with E-state index in [-0.39, 0.29) is 28.3 Å². The Hall–Kier alpha value is -2.93. The number of benzene rings is 2. The first-order chi connectivity index (χ1) is 14.0. The van der Waals surface area contributed by atoms with Crippen LogP contribution in [0.4, 0.5) is 19.0 Å². The SMILES string of the molecule is C=C1C[C@@H]2CN(Cc3ccccc3)CCN2c2nc(F)nc3c(F)cc(F)c1c23. The number of anilines is 1. The highest BCUT2D eigenvalue weighted by Gasteiger charge is 2.35. The van der Waals surface area contributed by atoms with Gasteiger partial charge in [-0.15, -0.1) is 0 Å². The molecule has 5 rings (SSSR count). The molecule has 1 atom stereocenters. The molecule has 1 aromatic heterocycles. The summed E-state index contributed by atoms with van der Waals surface area (Å²) in [5.41, 5.74) is 1.76. The van der Waals surface area contributed by atoms with Gasteiger partial charge in [-0.25, -0.2) is 8.78 Å². The van der Waals surface area contributed by atoms with Gasteiger partial charge in [0, 0.05) is 43.9 Å². The van der Waals surface area contributed by atoms with Crippen molar-refractivity contribution in [2.45, 2.75) is 19.0 Å². The summed E-state index contributed by atoms with van der Waals surface area (Å²) in [7, 11) is 0. The Morgan fingerprint density at radius 2 is 1.83 bits per heavy atom. The van der Waals surface area contributed by atoms with Crippen LogP contribution in [-0.4, -0.2) is 40.5 Å². The Morgan fingerprint density at radius 1 is 1.03 bits per heavy atom. The Labute approximate surface area is 166 Å². The van der Waals surface area contributed by atoms with Gasteiger partial charge in [0.1, 0.15) is 17.2 Å². The molecule has 29 heavy (non-hydrogen) atoms. The molecule has 0 bridgehead atoms. The van der Waals surface area contributed by atoms with Crippen LogP contribution in [0.5, 0.6) is 0 Å². The number of halogens is 3. The van der Waals surface area contributed by atoms with Gasteiger partial charge in [0.25, 0.3) is 0 Å². The highest BCUT2D eigenvalue weighted by Crippen LogP contribution is 2.41. The van der Waals surface area contributed by atoms with Gasteiger partial charge in [-0.1, -0.05) is 36.9 Å². The Balaban J connectivity index is 1.56. The van der Waals surface area contributed by atoms with Gasteiger partial charge in [0.05, 0.1) is 5.39 Å². The number of fused-ring (bicyclic) bond motifs is 2. The maximum Gasteiger partial charge on any atom is 0.311 e. The fourth-order valence-electron chi connectivity index (χ4n) is 4.49. The van der Waals surface area contributed by atoms with Crippen LogP contribution in [0.25, 0.3) is 16.5 Å². The molecule has 0 radical (unpaired) electrons. The van der Waals surface area contributed by atoms with E-state index in [4.69, 9.17) is 0 Å². The highest BCUT2D eigenvalue weighted by molar-refractivity contribution is 6.00. The summed E-state index contributed by atoms with van der Waals surface area (Å²) in [6.07, 6.45) is -0.525. The largest absolute Gasteiger partial charge is 0.350 e. The zero-order valence-corrected chi connectivity index (χ0v) is 15.7. The third kappa shape index (κ3) is 3.06. The first-order valence-corrected chi connectivity index (χ1v) is 9.57. The molecule has 1 fully saturated rings. The van der Waals surface area contributed by atoms with Gasteiger partial charge < -0.3 is 4.90 Å². The van der Waals surface area contributed by atoms with Gasteiger partial charge >= 0.3 is 6.08 Å². The lowest BCUT2D eigenvalue weighted by molar-refractivity contribution is 0.215. The lowest BCUT2D eigenvalue weighted by atomic mass is 9.97. The van der Waals surface area contributed by atoms with Crippen LogP contribution < -0.4 is 4.90 Å². The third-order valence-corrected chi connectivity index (χ3v) is 5.75. The van der Waals surface area contributed by atoms with Crippen molar-refractivity contribution in [2.24, 2.45) is 0 Å². The van der Waals surface area contributed by atoms with Crippen LogP contribution in [-0.2, 0) is 6.54 Å². The molecule has 3 aromatic rings. The fourth-order valence-corrected chi connectivity index (χ4v) is 4.49. The second-order valence-electron chi connectivity index (χ2n) is 7.63. The molecule has 2 aromatic carbocycles. The Morgan fingerprint density at radius 3 is 2.62 bits per heavy atom. The molecule has 0 amide bonds. The van der Waals surface area contributed by atoms with Crippen molar-refractivity contribution < 1.29 is 13.2 Å². The van der Waals surface area contributed by atoms with E-state index < -0.39 is 17.7 Å². The minimum Gasteiger partial charge on any atom is -0.350 e. The maximum atomic E-state index is 14.7. The van der Waals surface area contributed by atoms with Crippen molar-refractivity contribution in [1.82, 2.24) is 14.9 Å². The summed E-state index contributed by atoms with van der Waals surface area (Å²) in [5, 5.41) is 0.216. The summed E-state index contributed by atoms with van der Waals surface area (Å²) >= 11 is 0. The molecule has 0 saturated carbocycles. The van der Waals surface area contributed by atoms with Crippen molar-refractivity contribution in [1.29, 1.82) is 0 Å². The number of nitrogens with zero attached hydrogens (tertiary/aromatic N) is 4. The first-order valence-electron chi connectivity index (χ1n) is 9.57. The normalized spacial score (nSPS) is 19.3. The molecule has 2 aliphatic heterocycles. The summed E-state index contributed by atoms with van der Waals surface area (Å²) in [5.74, 6) is -1.35. The molecule has 3 heterocycles. The van der Waals surface area contributed by atoms with E-state index in [2.05, 4.69) is 33.6 Å². The Kier molecular flexibility index (Phi) is 4.28. The number of aromatic nitrogens is 2. The summed E-state index contributed by atoms with van der Waals surface area (Å²) < 4.78 is 43.2. The van der Waals surface area contributed by atoms with Crippen molar-refractivity contribution in [2.75, 3.05) is 24.5 Å². The number of hydrogen-bond donors (Lipinski definition) is 0. The summed E-state index contributed by atoms with van der Waals surface area (Å²) in [4.78, 5) is 11.8. The van der Waals surface area contributed by atoms with E-state index >= 15 is 0 Å². The molecular weight excluding hydrogens is 377 g/mol. The molecule has 0 aliphatic carbocycles. The van der Waals surface area contributed by atoms with Gasteiger partial charge in [0.15, 0.2) is 5.82 Å². The second-order valence-corrected chi connectivity index (χ2v) is 7.63. The topological polar surface area (TPSA) is 32.3 Å². The van der Waals surface area contributed by atoms with Crippen LogP contribution in [0.2, 0.25) is 0 Å². The Bertz CT molecular complexity index is 1120. The van der Waals surface area contributed by atoms with E-state index in [0.29, 0.717) is 25.1 Å². The molecule has 0 spiro atoms. The van der Waals surface area contributed by atoms with Crippen LogP contribution in [0.3, 0.4) is 0 Å². The van der Waals surface area contributed by atoms with E-state index in [1.807, 2.05) is 23.1 Å². The molecule has 0 unspecified atom stereocenters. The van der Waals surface area contributed by atoms with Gasteiger partial charge in [-0.3, -0.25) is 4.90 Å². The van der Waals surface area contributed by atoms with Crippen molar-refractivity contribution in [3.8, 4) is 0 Å². The average Bonchev–Trinajstić information content (AvgIpc) is 2.81. The quantitative estimate of drug-likeness (QED) is 0.609. The molecule has 0 N–H and O–H groups in total. The van der Waals surface area contributed by atoms with Crippen molar-refractivity contribution in [3.63, 3.8) is 0 Å². The molecule has 148 valence electrons. The molecular formula is C22H19F3N4. The average molecular weight is 396 g/mol. The van der Waals surface area contributed by atoms with Crippen molar-refractivity contribution >= 4 is 22.3 Å². The first kappa shape index (κ1) is 18.1. The number of piperazine rings is 1. The monoisotopic (exact) mass is 396 g/mol. The molecule has 4 nitrogen and oxygen atoms in total. The van der Waals surface area contributed by atoms with Crippen LogP contribution in [0.15, 0.2) is 43.0 Å². The smallest absolute Gasteiger partial charge is 0.311 e. The summed E-state index contributed by atoms with van der Waals surface area (Å²) in [6, 6.07) is 10.8. The standard InChI is InChI=1S/C22H19F3N4/c1-13-9-15-12-28(11-14-5-3-2-4-6-14)7-8-29(15)21-19-18(13)16(23)10-17(24)20(19)26-22(25)27-21/h2-6,10,15H,1,7-9,11-12H2/t15-/m1/s1. The van der Waals surface area contributed by atoms with Gasteiger partial charge in [-0.05, 0) is 17.6 Å². The maximum absolute atomic E-state index is 14.7. The zero-order valence-electron chi connectivity index (χ0n) is 15.7. The molecule has 1 saturated heterocycles. The van der Waals surface area contributed by atoms with Crippen LogP contribution >= 0.6 is 0 Å². The zero-order chi connectivity index (χ0) is 20.1. The third-order valence-electron chi connectivity index (χ3n) is 5.75. The predicted molar refractivity (Wildman–Crippen MR) is 106 cm³/mol. The lowest BCUT2D eigenvalue weighted by Crippen LogP contribution is -2.53. The van der Waals surface area contributed by atoms with E-state index in [1.165, 1.54) is 5.56 Å². The molecule has 2 aliphatic rings. The number of hydrogen-bond acceptors (Lipinski definition) is 4. The number of rotatable bonds is 2. The van der Waals surface area contributed by atoms with Crippen LogP contribution in [0, 0.1) is 17.7 Å². The summed E-state index contributed by atoms with van der Waals surface area (Å²) in [6.45, 7) is 6.85. The highest BCUT2D eigenvalue weighted by atomic mass is 19.1. The minimum absolute atomic E-state index is 0.0627. The van der Waals surface area contributed by atoms with E-state index in [1.54, 1.807) is 0 Å². The fraction of sp³-hybridized carbons (Fsp3) is 0.273. The predicted octanol–water partition coefficient (Wildman–Crippen LogP) is 4.15. The minimum atomic E-state index is -1.01. The second kappa shape index (κ2) is 6.84. The van der Waals surface area contributed by atoms with Gasteiger partial charge in [0.2, 0.25) is 0 Å². The lowest BCUT2D eigenvalue weighted by Gasteiger charge is -2.41.